The van der Waals surface area contributed by atoms with E-state index in [1.165, 1.54) is 13.0 Å². The quantitative estimate of drug-likeness (QED) is 0.789. The summed E-state index contributed by atoms with van der Waals surface area (Å²) >= 11 is 0. The molecule has 0 unspecified atom stereocenters. The molecule has 0 bridgehead atoms. The number of alkyl halides is 3. The number of halogens is 3. The molecule has 4 nitrogen and oxygen atoms in total. The van der Waals surface area contributed by atoms with Gasteiger partial charge in [-0.1, -0.05) is 13.0 Å². The predicted octanol–water partition coefficient (Wildman–Crippen LogP) is 1.90. The molecular weight excluding hydrogens is 293 g/mol. The zero-order valence-electron chi connectivity index (χ0n) is 11.2. The molecule has 1 aromatic carbocycles. The van der Waals surface area contributed by atoms with Crippen LogP contribution in [0.15, 0.2) is 23.1 Å². The summed E-state index contributed by atoms with van der Waals surface area (Å²) in [7, 11) is -3.93. The Morgan fingerprint density at radius 2 is 1.85 bits per heavy atom. The van der Waals surface area contributed by atoms with Gasteiger partial charge < -0.3 is 5.32 Å². The largest absolute Gasteiger partial charge is 0.416 e. The van der Waals surface area contributed by atoms with E-state index < -0.39 is 21.8 Å². The number of aryl methyl sites for hydroxylation is 1. The molecule has 0 atom stereocenters. The van der Waals surface area contributed by atoms with Crippen LogP contribution in [0.1, 0.15) is 18.1 Å². The van der Waals surface area contributed by atoms with E-state index in [4.69, 9.17) is 0 Å². The van der Waals surface area contributed by atoms with E-state index in [9.17, 15) is 21.6 Å². The Balaban J connectivity index is 2.96. The lowest BCUT2D eigenvalue weighted by molar-refractivity contribution is -0.138. The lowest BCUT2D eigenvalue weighted by atomic mass is 10.1. The normalized spacial score (nSPS) is 12.7. The number of sulfonamides is 1. The van der Waals surface area contributed by atoms with Gasteiger partial charge in [0.05, 0.1) is 10.5 Å². The number of likely N-dealkylation sites (N-methyl/N-ethyl adjacent to an activating group) is 1. The van der Waals surface area contributed by atoms with Crippen molar-refractivity contribution in [2.75, 3.05) is 19.6 Å². The fraction of sp³-hybridized carbons (Fsp3) is 0.500. The standard InChI is InChI=1S/C12H17F3N2O2S/c1-3-16-6-7-17-20(18,19)10-5-4-9(2)11(8-10)12(13,14)15/h4-5,8,16-17H,3,6-7H2,1-2H3. The van der Waals surface area contributed by atoms with Crippen LogP contribution in [-0.2, 0) is 16.2 Å². The van der Waals surface area contributed by atoms with E-state index in [0.717, 1.165) is 6.07 Å². The van der Waals surface area contributed by atoms with Crippen molar-refractivity contribution in [1.29, 1.82) is 0 Å². The van der Waals surface area contributed by atoms with Crippen LogP contribution in [0.3, 0.4) is 0 Å². The number of nitrogens with one attached hydrogen (secondary N) is 2. The lowest BCUT2D eigenvalue weighted by Crippen LogP contribution is -2.32. The van der Waals surface area contributed by atoms with Crippen LogP contribution in [0.5, 0.6) is 0 Å². The summed E-state index contributed by atoms with van der Waals surface area (Å²) < 4.78 is 64.2. The molecule has 0 saturated carbocycles. The van der Waals surface area contributed by atoms with Crippen molar-refractivity contribution >= 4 is 10.0 Å². The van der Waals surface area contributed by atoms with Crippen molar-refractivity contribution in [3.05, 3.63) is 29.3 Å². The second kappa shape index (κ2) is 6.55. The first-order chi connectivity index (χ1) is 9.18. The van der Waals surface area contributed by atoms with Crippen molar-refractivity contribution < 1.29 is 21.6 Å². The monoisotopic (exact) mass is 310 g/mol. The van der Waals surface area contributed by atoms with Crippen molar-refractivity contribution in [3.63, 3.8) is 0 Å². The van der Waals surface area contributed by atoms with Crippen molar-refractivity contribution in [3.8, 4) is 0 Å². The molecule has 20 heavy (non-hydrogen) atoms. The Labute approximate surface area is 116 Å². The van der Waals surface area contributed by atoms with Gasteiger partial charge in [-0.15, -0.1) is 0 Å². The van der Waals surface area contributed by atoms with Gasteiger partial charge in [-0.05, 0) is 31.2 Å². The average molecular weight is 310 g/mol. The molecule has 8 heteroatoms. The van der Waals surface area contributed by atoms with Crippen LogP contribution in [0.4, 0.5) is 13.2 Å². The fourth-order valence-corrected chi connectivity index (χ4v) is 2.67. The minimum atomic E-state index is -4.57. The maximum Gasteiger partial charge on any atom is 0.416 e. The highest BCUT2D eigenvalue weighted by molar-refractivity contribution is 7.89. The molecule has 1 aromatic rings. The third-order valence-electron chi connectivity index (χ3n) is 2.67. The first kappa shape index (κ1) is 16.9. The third kappa shape index (κ3) is 4.46. The van der Waals surface area contributed by atoms with Gasteiger partial charge >= 0.3 is 6.18 Å². The van der Waals surface area contributed by atoms with E-state index in [0.29, 0.717) is 19.2 Å². The Morgan fingerprint density at radius 1 is 1.20 bits per heavy atom. The van der Waals surface area contributed by atoms with Gasteiger partial charge in [0.1, 0.15) is 0 Å². The predicted molar refractivity (Wildman–Crippen MR) is 69.9 cm³/mol. The summed E-state index contributed by atoms with van der Waals surface area (Å²) in [6, 6.07) is 2.98. The number of rotatable bonds is 6. The highest BCUT2D eigenvalue weighted by Crippen LogP contribution is 2.33. The molecule has 0 aliphatic carbocycles. The number of hydrogen-bond acceptors (Lipinski definition) is 3. The zero-order valence-corrected chi connectivity index (χ0v) is 12.0. The summed E-state index contributed by atoms with van der Waals surface area (Å²) in [5.74, 6) is 0. The minimum absolute atomic E-state index is 0.0101. The molecule has 0 aliphatic rings. The third-order valence-corrected chi connectivity index (χ3v) is 4.13. The molecule has 0 spiro atoms. The second-order valence-electron chi connectivity index (χ2n) is 4.23. The molecule has 0 fully saturated rings. The van der Waals surface area contributed by atoms with Gasteiger partial charge in [0.2, 0.25) is 10.0 Å². The molecule has 0 heterocycles. The first-order valence-electron chi connectivity index (χ1n) is 6.06. The van der Waals surface area contributed by atoms with Crippen molar-refractivity contribution in [2.24, 2.45) is 0 Å². The van der Waals surface area contributed by atoms with Crippen LogP contribution < -0.4 is 10.0 Å². The Hall–Kier alpha value is -1.12. The molecule has 114 valence electrons. The lowest BCUT2D eigenvalue weighted by Gasteiger charge is -2.13. The van der Waals surface area contributed by atoms with Gasteiger partial charge in [-0.25, -0.2) is 13.1 Å². The van der Waals surface area contributed by atoms with Gasteiger partial charge in [0.25, 0.3) is 0 Å². The molecule has 1 rings (SSSR count). The second-order valence-corrected chi connectivity index (χ2v) is 5.99. The van der Waals surface area contributed by atoms with Crippen LogP contribution in [-0.4, -0.2) is 28.1 Å². The summed E-state index contributed by atoms with van der Waals surface area (Å²) in [5.41, 5.74) is -0.948. The Bertz CT molecular complexity index is 556. The van der Waals surface area contributed by atoms with Crippen LogP contribution in [0.25, 0.3) is 0 Å². The molecule has 0 radical (unpaired) electrons. The SMILES string of the molecule is CCNCCNS(=O)(=O)c1ccc(C)c(C(F)(F)F)c1. The fourth-order valence-electron chi connectivity index (χ4n) is 1.61. The van der Waals surface area contributed by atoms with Crippen molar-refractivity contribution in [2.45, 2.75) is 24.9 Å². The van der Waals surface area contributed by atoms with E-state index in [1.54, 1.807) is 0 Å². The van der Waals surface area contributed by atoms with Gasteiger partial charge in [0.15, 0.2) is 0 Å². The molecule has 0 saturated heterocycles. The van der Waals surface area contributed by atoms with E-state index in [2.05, 4.69) is 10.0 Å². The summed E-state index contributed by atoms with van der Waals surface area (Å²) in [6.45, 7) is 4.37. The first-order valence-corrected chi connectivity index (χ1v) is 7.55. The van der Waals surface area contributed by atoms with E-state index >= 15 is 0 Å². The van der Waals surface area contributed by atoms with Gasteiger partial charge in [-0.3, -0.25) is 0 Å². The molecule has 0 aliphatic heterocycles. The molecule has 2 N–H and O–H groups in total. The summed E-state index contributed by atoms with van der Waals surface area (Å²) in [5, 5.41) is 2.91. The zero-order chi connectivity index (χ0) is 15.4. The maximum atomic E-state index is 12.7. The number of hydrogen-bond donors (Lipinski definition) is 2. The number of benzene rings is 1. The van der Waals surface area contributed by atoms with Crippen LogP contribution in [0, 0.1) is 6.92 Å². The van der Waals surface area contributed by atoms with Crippen LogP contribution in [0.2, 0.25) is 0 Å². The van der Waals surface area contributed by atoms with E-state index in [-0.39, 0.29) is 17.0 Å². The smallest absolute Gasteiger partial charge is 0.316 e. The highest BCUT2D eigenvalue weighted by atomic mass is 32.2. The maximum absolute atomic E-state index is 12.7. The summed E-state index contributed by atoms with van der Waals surface area (Å²) in [4.78, 5) is -0.382. The molecular formula is C12H17F3N2O2S. The highest BCUT2D eigenvalue weighted by Gasteiger charge is 2.33. The van der Waals surface area contributed by atoms with Gasteiger partial charge in [-0.2, -0.15) is 13.2 Å². The van der Waals surface area contributed by atoms with Gasteiger partial charge in [0, 0.05) is 13.1 Å². The topological polar surface area (TPSA) is 58.2 Å². The molecule has 0 amide bonds. The summed E-state index contributed by atoms with van der Waals surface area (Å²) in [6.07, 6.45) is -4.57. The van der Waals surface area contributed by atoms with Crippen LogP contribution >= 0.6 is 0 Å². The minimum Gasteiger partial charge on any atom is -0.316 e. The van der Waals surface area contributed by atoms with E-state index in [1.807, 2.05) is 6.92 Å². The molecule has 0 aromatic heterocycles. The van der Waals surface area contributed by atoms with Crippen molar-refractivity contribution in [1.82, 2.24) is 10.0 Å². The average Bonchev–Trinajstić information content (AvgIpc) is 2.33. The Morgan fingerprint density at radius 3 is 2.40 bits per heavy atom. The Kier molecular flexibility index (Phi) is 5.55.